The van der Waals surface area contributed by atoms with Crippen LogP contribution < -0.4 is 0 Å². The Balaban J connectivity index is 2.01. The zero-order valence-corrected chi connectivity index (χ0v) is 23.7. The number of nitrogens with zero attached hydrogens (tertiary/aromatic N) is 1. The summed E-state index contributed by atoms with van der Waals surface area (Å²) >= 11 is 17.9. The molecular weight excluding hydrogens is 612 g/mol. The molecule has 3 rings (SSSR count). The number of hydrogen-bond acceptors (Lipinski definition) is 9. The summed E-state index contributed by atoms with van der Waals surface area (Å²) in [6.45, 7) is -0.875. The number of hydrogen-bond donors (Lipinski definition) is 0. The largest absolute Gasteiger partial charge is 0.459 e. The van der Waals surface area contributed by atoms with E-state index in [1.165, 1.54) is 36.4 Å². The van der Waals surface area contributed by atoms with Crippen LogP contribution in [0, 0.1) is 0 Å². The number of oxime groups is 1. The average Bonchev–Trinajstić information content (AvgIpc) is 2.95. The number of carbonyl (C=O) groups excluding carboxylic acids is 2. The Morgan fingerprint density at radius 2 is 1.45 bits per heavy atom. The van der Waals surface area contributed by atoms with E-state index in [9.17, 15) is 18.0 Å². The Kier molecular flexibility index (Phi) is 11.3. The lowest BCUT2D eigenvalue weighted by Gasteiger charge is -2.27. The molecule has 0 bridgehead atoms. The van der Waals surface area contributed by atoms with Crippen molar-refractivity contribution in [3.8, 4) is 0 Å². The lowest BCUT2D eigenvalue weighted by Crippen LogP contribution is -2.45. The monoisotopic (exact) mass is 631 g/mol. The maximum Gasteiger partial charge on any atom is 0.338 e. The number of esters is 2. The third kappa shape index (κ3) is 8.39. The highest BCUT2D eigenvalue weighted by Crippen LogP contribution is 2.33. The fourth-order valence-electron chi connectivity index (χ4n) is 3.22. The zero-order chi connectivity index (χ0) is 29.3. The van der Waals surface area contributed by atoms with Crippen molar-refractivity contribution in [1.82, 2.24) is 0 Å². The van der Waals surface area contributed by atoms with Crippen molar-refractivity contribution >= 4 is 63.1 Å². The van der Waals surface area contributed by atoms with Gasteiger partial charge in [0, 0.05) is 0 Å². The van der Waals surface area contributed by atoms with Crippen LogP contribution in [-0.2, 0) is 28.6 Å². The second-order valence-corrected chi connectivity index (χ2v) is 10.6. The minimum Gasteiger partial charge on any atom is -0.459 e. The van der Waals surface area contributed by atoms with Gasteiger partial charge in [0.2, 0.25) is 0 Å². The Morgan fingerprint density at radius 1 is 0.900 bits per heavy atom. The molecule has 0 aliphatic heterocycles. The van der Waals surface area contributed by atoms with E-state index in [4.69, 9.17) is 48.5 Å². The summed E-state index contributed by atoms with van der Waals surface area (Å²) in [7, 11) is -3.70. The molecule has 40 heavy (non-hydrogen) atoms. The van der Waals surface area contributed by atoms with Crippen molar-refractivity contribution in [1.29, 1.82) is 0 Å². The zero-order valence-electron chi connectivity index (χ0n) is 20.6. The van der Waals surface area contributed by atoms with Gasteiger partial charge in [-0.15, -0.1) is 0 Å². The summed E-state index contributed by atoms with van der Waals surface area (Å²) in [6, 6.07) is 17.2. The Bertz CT molecular complexity index is 1460. The summed E-state index contributed by atoms with van der Waals surface area (Å²) in [4.78, 5) is 29.3. The maximum absolute atomic E-state index is 15.4. The normalized spacial score (nSPS) is 13.8. The highest BCUT2D eigenvalue weighted by atomic mass is 35.5. The smallest absolute Gasteiger partial charge is 0.338 e. The van der Waals surface area contributed by atoms with E-state index >= 15 is 4.39 Å². The Labute approximate surface area is 244 Å². The molecule has 0 N–H and O–H groups in total. The minimum absolute atomic E-state index is 0.0267. The van der Waals surface area contributed by atoms with Gasteiger partial charge in [-0.3, -0.25) is 4.18 Å². The van der Waals surface area contributed by atoms with Gasteiger partial charge in [0.05, 0.1) is 32.4 Å². The van der Waals surface area contributed by atoms with Crippen LogP contribution in [0.5, 0.6) is 0 Å². The van der Waals surface area contributed by atoms with Crippen molar-refractivity contribution in [3.63, 3.8) is 0 Å². The van der Waals surface area contributed by atoms with Gasteiger partial charge in [-0.25, -0.2) is 14.0 Å². The van der Waals surface area contributed by atoms with E-state index in [0.717, 1.165) is 19.2 Å². The third-order valence-corrected chi connectivity index (χ3v) is 7.65. The van der Waals surface area contributed by atoms with Gasteiger partial charge in [-0.05, 0) is 36.4 Å². The van der Waals surface area contributed by atoms with Crippen molar-refractivity contribution in [2.45, 2.75) is 23.3 Å². The summed E-state index contributed by atoms with van der Waals surface area (Å²) in [6.07, 6.45) is -5.61. The first kappa shape index (κ1) is 31.3. The molecule has 0 amide bonds. The molecule has 0 saturated carbocycles. The average molecular weight is 633 g/mol. The second kappa shape index (κ2) is 14.4. The van der Waals surface area contributed by atoms with Gasteiger partial charge in [-0.2, -0.15) is 8.42 Å². The number of carbonyl (C=O) groups is 2. The molecule has 0 aliphatic carbocycles. The lowest BCUT2D eigenvalue weighted by molar-refractivity contribution is -0.0478. The van der Waals surface area contributed by atoms with E-state index < -0.39 is 51.9 Å². The SMILES string of the molecule is CON=C[C@@H](F)[C@H](OC(=O)c1ccccc1)[C@@H](COC(=O)c1ccccc1)OS(=O)(=O)c1cc(Cl)c(Cl)cc1Cl. The van der Waals surface area contributed by atoms with Crippen LogP contribution in [0.15, 0.2) is 82.8 Å². The van der Waals surface area contributed by atoms with E-state index in [2.05, 4.69) is 9.99 Å². The third-order valence-electron chi connectivity index (χ3n) is 5.12. The maximum atomic E-state index is 15.4. The van der Waals surface area contributed by atoms with Gasteiger partial charge >= 0.3 is 11.9 Å². The predicted molar refractivity (Wildman–Crippen MR) is 146 cm³/mol. The van der Waals surface area contributed by atoms with Gasteiger partial charge in [0.25, 0.3) is 10.1 Å². The molecule has 3 atom stereocenters. The first-order valence-corrected chi connectivity index (χ1v) is 13.8. The first-order chi connectivity index (χ1) is 19.0. The number of alkyl halides is 1. The fraction of sp³-hybridized carbons (Fsp3) is 0.192. The molecule has 0 spiro atoms. The van der Waals surface area contributed by atoms with E-state index in [0.29, 0.717) is 6.21 Å². The highest BCUT2D eigenvalue weighted by molar-refractivity contribution is 7.87. The Hall–Kier alpha value is -3.22. The van der Waals surface area contributed by atoms with Crippen molar-refractivity contribution in [2.24, 2.45) is 5.16 Å². The molecule has 0 unspecified atom stereocenters. The van der Waals surface area contributed by atoms with Crippen LogP contribution >= 0.6 is 34.8 Å². The molecule has 3 aromatic carbocycles. The molecular formula is C26H21Cl3FNO8S. The molecule has 3 aromatic rings. The van der Waals surface area contributed by atoms with E-state index in [1.54, 1.807) is 24.3 Å². The molecule has 0 heterocycles. The topological polar surface area (TPSA) is 118 Å². The van der Waals surface area contributed by atoms with Gasteiger partial charge in [-0.1, -0.05) is 76.4 Å². The van der Waals surface area contributed by atoms with Crippen LogP contribution in [0.1, 0.15) is 20.7 Å². The lowest BCUT2D eigenvalue weighted by atomic mass is 10.1. The molecule has 14 heteroatoms. The summed E-state index contributed by atoms with van der Waals surface area (Å²) < 4.78 is 57.8. The fourth-order valence-corrected chi connectivity index (χ4v) is 5.27. The molecule has 212 valence electrons. The summed E-state index contributed by atoms with van der Waals surface area (Å²) in [5, 5.41) is 2.78. The van der Waals surface area contributed by atoms with Crippen molar-refractivity contribution in [3.05, 3.63) is 99.0 Å². The number of halogens is 4. The molecule has 0 radical (unpaired) electrons. The molecule has 9 nitrogen and oxygen atoms in total. The number of rotatable bonds is 12. The number of ether oxygens (including phenoxy) is 2. The summed E-state index contributed by atoms with van der Waals surface area (Å²) in [5.74, 6) is -1.90. The Morgan fingerprint density at radius 3 is 2.02 bits per heavy atom. The highest BCUT2D eigenvalue weighted by Gasteiger charge is 2.39. The van der Waals surface area contributed by atoms with Crippen LogP contribution in [-0.4, -0.2) is 58.7 Å². The van der Waals surface area contributed by atoms with Crippen molar-refractivity contribution < 1.29 is 40.9 Å². The molecule has 0 aliphatic rings. The van der Waals surface area contributed by atoms with Gasteiger partial charge in [0.15, 0.2) is 18.4 Å². The second-order valence-electron chi connectivity index (χ2n) is 7.87. The first-order valence-electron chi connectivity index (χ1n) is 11.3. The van der Waals surface area contributed by atoms with Crippen molar-refractivity contribution in [2.75, 3.05) is 13.7 Å². The van der Waals surface area contributed by atoms with E-state index in [-0.39, 0.29) is 26.2 Å². The minimum atomic E-state index is -4.84. The van der Waals surface area contributed by atoms with Crippen LogP contribution in [0.2, 0.25) is 15.1 Å². The molecule has 0 saturated heterocycles. The molecule has 0 aromatic heterocycles. The van der Waals surface area contributed by atoms with Gasteiger partial charge < -0.3 is 14.3 Å². The predicted octanol–water partition coefficient (Wildman–Crippen LogP) is 5.77. The van der Waals surface area contributed by atoms with Gasteiger partial charge in [0.1, 0.15) is 18.6 Å². The standard InChI is InChI=1S/C26H21Cl3FNO8S/c1-36-31-14-21(30)24(38-26(33)17-10-6-3-7-11-17)22(15-37-25(32)16-8-4-2-5-9-16)39-40(34,35)23-13-19(28)18(27)12-20(23)29/h2-14,21-22,24H,15H2,1H3/t21-,22-,24+/m1/s1. The quantitative estimate of drug-likeness (QED) is 0.0812. The van der Waals surface area contributed by atoms with Crippen LogP contribution in [0.4, 0.5) is 4.39 Å². The molecule has 0 fully saturated rings. The summed E-state index contributed by atoms with van der Waals surface area (Å²) in [5.41, 5.74) is 0.144. The number of benzene rings is 3. The van der Waals surface area contributed by atoms with Crippen LogP contribution in [0.25, 0.3) is 0 Å². The van der Waals surface area contributed by atoms with Crippen LogP contribution in [0.3, 0.4) is 0 Å². The van der Waals surface area contributed by atoms with E-state index in [1.807, 2.05) is 0 Å².